The first-order chi connectivity index (χ1) is 7.88. The molecule has 0 bridgehead atoms. The Kier molecular flexibility index (Phi) is 4.17. The van der Waals surface area contributed by atoms with Crippen LogP contribution < -0.4 is 0 Å². The van der Waals surface area contributed by atoms with E-state index >= 15 is 0 Å². The van der Waals surface area contributed by atoms with Gasteiger partial charge in [0.15, 0.2) is 0 Å². The van der Waals surface area contributed by atoms with Crippen molar-refractivity contribution >= 4 is 12.4 Å². The number of rotatable bonds is 4. The third kappa shape index (κ3) is 2.79. The van der Waals surface area contributed by atoms with Gasteiger partial charge in [0.05, 0.1) is 0 Å². The largest absolute Gasteiger partial charge is 0.479 e. The molecule has 0 aromatic rings. The van der Waals surface area contributed by atoms with Crippen LogP contribution in [0.25, 0.3) is 0 Å². The summed E-state index contributed by atoms with van der Waals surface area (Å²) in [4.78, 5) is 24.1. The van der Waals surface area contributed by atoms with Gasteiger partial charge in [-0.2, -0.15) is 0 Å². The van der Waals surface area contributed by atoms with Gasteiger partial charge in [-0.15, -0.1) is 0 Å². The third-order valence-corrected chi connectivity index (χ3v) is 4.08. The lowest BCUT2D eigenvalue weighted by Gasteiger charge is -2.37. The number of likely N-dealkylation sites (N-methyl/N-ethyl adjacent to an activating group) is 1. The van der Waals surface area contributed by atoms with E-state index in [0.717, 1.165) is 19.3 Å². The first-order valence-electron chi connectivity index (χ1n) is 6.33. The van der Waals surface area contributed by atoms with Crippen LogP contribution in [0.5, 0.6) is 0 Å². The van der Waals surface area contributed by atoms with Crippen molar-refractivity contribution in [3.8, 4) is 0 Å². The molecule has 0 heterocycles. The highest BCUT2D eigenvalue weighted by atomic mass is 16.4. The van der Waals surface area contributed by atoms with Gasteiger partial charge in [0.1, 0.15) is 5.54 Å². The van der Waals surface area contributed by atoms with Crippen molar-refractivity contribution in [3.63, 3.8) is 0 Å². The van der Waals surface area contributed by atoms with E-state index in [2.05, 4.69) is 13.8 Å². The van der Waals surface area contributed by atoms with Gasteiger partial charge < -0.3 is 10.0 Å². The molecule has 98 valence electrons. The molecule has 4 nitrogen and oxygen atoms in total. The van der Waals surface area contributed by atoms with Crippen LogP contribution in [-0.2, 0) is 9.59 Å². The van der Waals surface area contributed by atoms with Crippen molar-refractivity contribution in [1.29, 1.82) is 0 Å². The van der Waals surface area contributed by atoms with E-state index in [1.54, 1.807) is 0 Å². The second-order valence-electron chi connectivity index (χ2n) is 5.75. The van der Waals surface area contributed by atoms with Gasteiger partial charge in [0.2, 0.25) is 6.41 Å². The van der Waals surface area contributed by atoms with Crippen molar-refractivity contribution in [2.75, 3.05) is 6.54 Å². The monoisotopic (exact) mass is 241 g/mol. The zero-order valence-electron chi connectivity index (χ0n) is 11.0. The minimum atomic E-state index is -0.982. The lowest BCUT2D eigenvalue weighted by atomic mass is 9.83. The first kappa shape index (κ1) is 14.0. The fraction of sp³-hybridized carbons (Fsp3) is 0.846. The number of nitrogens with zero attached hydrogens (tertiary/aromatic N) is 1. The Hall–Kier alpha value is -1.06. The molecule has 4 heteroatoms. The van der Waals surface area contributed by atoms with Crippen molar-refractivity contribution < 1.29 is 14.7 Å². The molecule has 1 aliphatic carbocycles. The molecular formula is C13H23NO3. The Morgan fingerprint density at radius 1 is 1.29 bits per heavy atom. The number of carboxylic acids is 1. The maximum atomic E-state index is 11.6. The molecule has 1 aliphatic rings. The van der Waals surface area contributed by atoms with Crippen molar-refractivity contribution in [1.82, 2.24) is 4.90 Å². The highest BCUT2D eigenvalue weighted by Crippen LogP contribution is 2.40. The summed E-state index contributed by atoms with van der Waals surface area (Å²) in [5.41, 5.74) is -0.802. The Bertz CT molecular complexity index is 301. The molecular weight excluding hydrogens is 218 g/mol. The van der Waals surface area contributed by atoms with Gasteiger partial charge in [0.25, 0.3) is 0 Å². The maximum Gasteiger partial charge on any atom is 0.329 e. The summed E-state index contributed by atoms with van der Waals surface area (Å²) in [5.74, 6) is -0.857. The molecule has 0 saturated heterocycles. The van der Waals surface area contributed by atoms with E-state index in [1.807, 2.05) is 6.92 Å². The molecule has 1 fully saturated rings. The lowest BCUT2D eigenvalue weighted by Crippen LogP contribution is -2.53. The van der Waals surface area contributed by atoms with Crippen molar-refractivity contribution in [2.45, 2.75) is 58.4 Å². The molecule has 17 heavy (non-hydrogen) atoms. The molecule has 0 aromatic heterocycles. The first-order valence-corrected chi connectivity index (χ1v) is 6.33. The average molecular weight is 241 g/mol. The molecule has 1 rings (SSSR count). The van der Waals surface area contributed by atoms with E-state index in [9.17, 15) is 14.7 Å². The zero-order valence-corrected chi connectivity index (χ0v) is 11.0. The van der Waals surface area contributed by atoms with Gasteiger partial charge in [-0.25, -0.2) is 4.79 Å². The summed E-state index contributed by atoms with van der Waals surface area (Å²) in [6.45, 7) is 6.62. The molecule has 1 atom stereocenters. The van der Waals surface area contributed by atoms with Gasteiger partial charge >= 0.3 is 5.97 Å². The second-order valence-corrected chi connectivity index (χ2v) is 5.75. The van der Waals surface area contributed by atoms with Crippen LogP contribution in [0.2, 0.25) is 0 Å². The molecule has 1 saturated carbocycles. The third-order valence-electron chi connectivity index (χ3n) is 4.08. The molecule has 0 radical (unpaired) electrons. The van der Waals surface area contributed by atoms with E-state index in [0.29, 0.717) is 25.8 Å². The van der Waals surface area contributed by atoms with Crippen LogP contribution in [0.3, 0.4) is 0 Å². The van der Waals surface area contributed by atoms with Crippen LogP contribution in [0.4, 0.5) is 0 Å². The van der Waals surface area contributed by atoms with Crippen LogP contribution in [0.15, 0.2) is 0 Å². The Labute approximate surface area is 103 Å². The number of carbonyl (C=O) groups is 2. The number of carboxylic acid groups (broad SMARTS) is 1. The number of aliphatic carboxylic acids is 1. The second kappa shape index (κ2) is 5.07. The molecule has 1 amide bonds. The fourth-order valence-corrected chi connectivity index (χ4v) is 2.76. The number of hydrogen-bond acceptors (Lipinski definition) is 2. The van der Waals surface area contributed by atoms with Gasteiger partial charge in [-0.1, -0.05) is 13.8 Å². The predicted octanol–water partition coefficient (Wildman–Crippen LogP) is 2.28. The SMILES string of the molecule is CCN(C=O)C1(C(=O)O)CCCC(C)(C)CC1. The highest BCUT2D eigenvalue weighted by Gasteiger charge is 2.45. The topological polar surface area (TPSA) is 57.6 Å². The summed E-state index contributed by atoms with van der Waals surface area (Å²) in [5, 5.41) is 9.52. The molecule has 0 spiro atoms. The quantitative estimate of drug-likeness (QED) is 0.607. The van der Waals surface area contributed by atoms with Crippen LogP contribution in [0, 0.1) is 5.41 Å². The number of amides is 1. The van der Waals surface area contributed by atoms with Crippen LogP contribution >= 0.6 is 0 Å². The lowest BCUT2D eigenvalue weighted by molar-refractivity contribution is -0.156. The normalized spacial score (nSPS) is 28.2. The van der Waals surface area contributed by atoms with Gasteiger partial charge in [-0.3, -0.25) is 4.79 Å². The van der Waals surface area contributed by atoms with E-state index < -0.39 is 11.5 Å². The summed E-state index contributed by atoms with van der Waals surface area (Å²) in [6, 6.07) is 0. The van der Waals surface area contributed by atoms with Gasteiger partial charge in [-0.05, 0) is 44.4 Å². The Morgan fingerprint density at radius 2 is 1.94 bits per heavy atom. The van der Waals surface area contributed by atoms with Gasteiger partial charge in [0, 0.05) is 6.54 Å². The molecule has 0 aliphatic heterocycles. The summed E-state index contributed by atoms with van der Waals surface area (Å²) in [6.07, 6.45) is 4.55. The average Bonchev–Trinajstić information content (AvgIpc) is 2.40. The van der Waals surface area contributed by atoms with E-state index in [4.69, 9.17) is 0 Å². The molecule has 1 N–H and O–H groups in total. The smallest absolute Gasteiger partial charge is 0.329 e. The van der Waals surface area contributed by atoms with Crippen LogP contribution in [0.1, 0.15) is 52.9 Å². The van der Waals surface area contributed by atoms with Crippen molar-refractivity contribution in [3.05, 3.63) is 0 Å². The Morgan fingerprint density at radius 3 is 2.41 bits per heavy atom. The predicted molar refractivity (Wildman–Crippen MR) is 65.7 cm³/mol. The van der Waals surface area contributed by atoms with E-state index in [1.165, 1.54) is 4.90 Å². The standard InChI is InChI=1S/C13H23NO3/c1-4-14(10-15)13(11(16)17)7-5-6-12(2,3)8-9-13/h10H,4-9H2,1-3H3,(H,16,17). The minimum Gasteiger partial charge on any atom is -0.479 e. The summed E-state index contributed by atoms with van der Waals surface area (Å²) >= 11 is 0. The minimum absolute atomic E-state index is 0.180. The molecule has 0 aromatic carbocycles. The fourth-order valence-electron chi connectivity index (χ4n) is 2.76. The van der Waals surface area contributed by atoms with Crippen molar-refractivity contribution in [2.24, 2.45) is 5.41 Å². The van der Waals surface area contributed by atoms with E-state index in [-0.39, 0.29) is 5.41 Å². The zero-order chi connectivity index (χ0) is 13.1. The Balaban J connectivity index is 3.00. The number of carbonyl (C=O) groups excluding carboxylic acids is 1. The number of hydrogen-bond donors (Lipinski definition) is 1. The summed E-state index contributed by atoms with van der Waals surface area (Å²) in [7, 11) is 0. The summed E-state index contributed by atoms with van der Waals surface area (Å²) < 4.78 is 0. The molecule has 1 unspecified atom stereocenters. The highest BCUT2D eigenvalue weighted by molar-refractivity contribution is 5.81. The van der Waals surface area contributed by atoms with Crippen LogP contribution in [-0.4, -0.2) is 34.5 Å². The maximum absolute atomic E-state index is 11.6.